The Bertz CT molecular complexity index is 1670. The van der Waals surface area contributed by atoms with Crippen LogP contribution >= 0.6 is 0 Å². The number of rotatable bonds is 4. The zero-order chi connectivity index (χ0) is 24.2. The number of benzene rings is 2. The second-order valence-corrected chi connectivity index (χ2v) is 8.68. The van der Waals surface area contributed by atoms with Crippen LogP contribution in [0.15, 0.2) is 65.7 Å². The first kappa shape index (κ1) is 21.1. The van der Waals surface area contributed by atoms with Gasteiger partial charge in [-0.15, -0.1) is 0 Å². The molecule has 1 aliphatic carbocycles. The van der Waals surface area contributed by atoms with E-state index in [4.69, 9.17) is 0 Å². The van der Waals surface area contributed by atoms with Crippen molar-refractivity contribution in [1.82, 2.24) is 25.1 Å². The zero-order valence-corrected chi connectivity index (χ0v) is 18.2. The summed E-state index contributed by atoms with van der Waals surface area (Å²) < 4.78 is 26.2. The number of halogens is 2. The summed E-state index contributed by atoms with van der Waals surface area (Å²) in [6.45, 7) is 0. The summed E-state index contributed by atoms with van der Waals surface area (Å²) in [5, 5.41) is 11.2. The van der Waals surface area contributed by atoms with E-state index in [-0.39, 0.29) is 5.56 Å². The number of anilines is 1. The average molecular weight is 472 g/mol. The Balaban J connectivity index is 1.34. The first-order valence-electron chi connectivity index (χ1n) is 11.0. The van der Waals surface area contributed by atoms with Gasteiger partial charge in [0.05, 0.1) is 28.3 Å². The highest BCUT2D eigenvalue weighted by atomic mass is 19.3. The van der Waals surface area contributed by atoms with Crippen molar-refractivity contribution in [1.29, 1.82) is 0 Å². The van der Waals surface area contributed by atoms with Gasteiger partial charge in [-0.05, 0) is 35.9 Å². The molecular weight excluding hydrogens is 454 g/mol. The molecule has 1 fully saturated rings. The number of amides is 1. The molecule has 8 nitrogen and oxygen atoms in total. The molecular formula is C25H18F2N6O2. The summed E-state index contributed by atoms with van der Waals surface area (Å²) in [5.41, 5.74) is 3.50. The molecule has 35 heavy (non-hydrogen) atoms. The molecule has 0 unspecified atom stereocenters. The number of pyridine rings is 1. The van der Waals surface area contributed by atoms with Crippen LogP contribution < -0.4 is 10.9 Å². The lowest BCUT2D eigenvalue weighted by molar-refractivity contribution is -0.145. The van der Waals surface area contributed by atoms with E-state index in [2.05, 4.69) is 30.5 Å². The maximum atomic E-state index is 13.1. The van der Waals surface area contributed by atoms with Gasteiger partial charge in [0, 0.05) is 35.9 Å². The first-order valence-corrected chi connectivity index (χ1v) is 11.0. The fourth-order valence-corrected chi connectivity index (χ4v) is 4.34. The molecule has 5 aromatic rings. The molecule has 0 atom stereocenters. The van der Waals surface area contributed by atoms with Crippen molar-refractivity contribution in [3.8, 4) is 22.6 Å². The molecule has 0 radical (unpaired) electrons. The normalized spacial score (nSPS) is 15.3. The van der Waals surface area contributed by atoms with Crippen LogP contribution in [0.4, 0.5) is 14.5 Å². The lowest BCUT2D eigenvalue weighted by Gasteiger charge is -2.33. The first-order chi connectivity index (χ1) is 16.9. The number of alkyl halides is 2. The van der Waals surface area contributed by atoms with E-state index in [0.717, 1.165) is 22.0 Å². The smallest absolute Gasteiger partial charge is 0.281 e. The van der Waals surface area contributed by atoms with Gasteiger partial charge >= 0.3 is 0 Å². The second-order valence-electron chi connectivity index (χ2n) is 8.68. The van der Waals surface area contributed by atoms with Crippen LogP contribution in [0.3, 0.4) is 0 Å². The Morgan fingerprint density at radius 2 is 1.83 bits per heavy atom. The quantitative estimate of drug-likeness (QED) is 0.356. The van der Waals surface area contributed by atoms with Crippen molar-refractivity contribution in [2.45, 2.75) is 18.8 Å². The zero-order valence-electron chi connectivity index (χ0n) is 18.2. The van der Waals surface area contributed by atoms with Gasteiger partial charge in [-0.2, -0.15) is 10.1 Å². The molecule has 6 rings (SSSR count). The lowest BCUT2D eigenvalue weighted by Crippen LogP contribution is -2.42. The minimum absolute atomic E-state index is 0.341. The summed E-state index contributed by atoms with van der Waals surface area (Å²) in [7, 11) is 0. The van der Waals surface area contributed by atoms with E-state index in [0.29, 0.717) is 28.1 Å². The molecule has 0 spiro atoms. The Morgan fingerprint density at radius 1 is 1.00 bits per heavy atom. The highest BCUT2D eigenvalue weighted by Gasteiger charge is 2.48. The van der Waals surface area contributed by atoms with E-state index in [1.54, 1.807) is 30.5 Å². The molecule has 10 heteroatoms. The number of hydrogen-bond donors (Lipinski definition) is 3. The highest BCUT2D eigenvalue weighted by molar-refractivity contribution is 5.96. The maximum Gasteiger partial charge on any atom is 0.281 e. The molecule has 1 saturated carbocycles. The summed E-state index contributed by atoms with van der Waals surface area (Å²) in [5.74, 6) is -3.55. The van der Waals surface area contributed by atoms with Gasteiger partial charge in [0.25, 0.3) is 5.56 Å². The lowest BCUT2D eigenvalue weighted by atomic mass is 9.81. The van der Waals surface area contributed by atoms with E-state index >= 15 is 0 Å². The summed E-state index contributed by atoms with van der Waals surface area (Å²) >= 11 is 0. The third kappa shape index (κ3) is 3.82. The number of para-hydroxylation sites is 1. The highest BCUT2D eigenvalue weighted by Crippen LogP contribution is 2.42. The standard InChI is InChI=1S/C25H18F2N6O2/c26-25(27)9-15(10-25)23(34)29-16-7-14(11-28-12-16)13-5-6-20-18(8-13)21(33-32-20)22-30-19-4-2-1-3-17(19)24(35)31-22/h1-8,11-12,15H,9-10H2,(H,29,34)(H,32,33)(H,30,31,35). The topological polar surface area (TPSA) is 116 Å². The number of H-pyrrole nitrogens is 2. The van der Waals surface area contributed by atoms with Crippen molar-refractivity contribution in [3.63, 3.8) is 0 Å². The van der Waals surface area contributed by atoms with Crippen LogP contribution in [0.5, 0.6) is 0 Å². The van der Waals surface area contributed by atoms with Gasteiger partial charge in [0.15, 0.2) is 5.82 Å². The number of fused-ring (bicyclic) bond motifs is 2. The third-order valence-corrected chi connectivity index (χ3v) is 6.21. The number of carbonyl (C=O) groups is 1. The van der Waals surface area contributed by atoms with E-state index in [1.165, 1.54) is 6.20 Å². The third-order valence-electron chi connectivity index (χ3n) is 6.21. The average Bonchev–Trinajstić information content (AvgIpc) is 3.26. The predicted molar refractivity (Wildman–Crippen MR) is 127 cm³/mol. The van der Waals surface area contributed by atoms with Gasteiger partial charge in [0.2, 0.25) is 11.8 Å². The molecule has 0 bridgehead atoms. The van der Waals surface area contributed by atoms with Gasteiger partial charge in [-0.3, -0.25) is 19.7 Å². The van der Waals surface area contributed by atoms with Crippen molar-refractivity contribution >= 4 is 33.4 Å². The van der Waals surface area contributed by atoms with Crippen LogP contribution in [0.2, 0.25) is 0 Å². The van der Waals surface area contributed by atoms with Crippen molar-refractivity contribution < 1.29 is 13.6 Å². The monoisotopic (exact) mass is 472 g/mol. The van der Waals surface area contributed by atoms with Crippen LogP contribution in [-0.2, 0) is 4.79 Å². The second kappa shape index (κ2) is 7.79. The number of nitrogens with one attached hydrogen (secondary N) is 3. The van der Waals surface area contributed by atoms with Crippen molar-refractivity contribution in [2.75, 3.05) is 5.32 Å². The van der Waals surface area contributed by atoms with Crippen LogP contribution in [0, 0.1) is 5.92 Å². The number of carbonyl (C=O) groups excluding carboxylic acids is 1. The Morgan fingerprint density at radius 3 is 2.66 bits per heavy atom. The molecule has 1 aliphatic rings. The summed E-state index contributed by atoms with van der Waals surface area (Å²) in [6, 6.07) is 14.5. The van der Waals surface area contributed by atoms with Crippen LogP contribution in [0.1, 0.15) is 12.8 Å². The van der Waals surface area contributed by atoms with Gasteiger partial charge in [-0.25, -0.2) is 8.78 Å². The minimum Gasteiger partial charge on any atom is -0.338 e. The van der Waals surface area contributed by atoms with E-state index in [1.807, 2.05) is 24.3 Å². The van der Waals surface area contributed by atoms with Gasteiger partial charge in [0.1, 0.15) is 5.69 Å². The SMILES string of the molecule is O=C(Nc1cncc(-c2ccc3[nH]nc(-c4nc(=O)c5ccccc5[nH]4)c3c2)c1)C1CC(F)(F)C1. The number of hydrogen-bond acceptors (Lipinski definition) is 5. The Hall–Kier alpha value is -4.47. The van der Waals surface area contributed by atoms with Crippen molar-refractivity contribution in [2.24, 2.45) is 5.92 Å². The molecule has 0 saturated heterocycles. The predicted octanol–water partition coefficient (Wildman–Crippen LogP) is 4.51. The van der Waals surface area contributed by atoms with Crippen molar-refractivity contribution in [3.05, 3.63) is 71.3 Å². The molecule has 3 N–H and O–H groups in total. The van der Waals surface area contributed by atoms with E-state index < -0.39 is 30.6 Å². The molecule has 1 amide bonds. The Labute approximate surface area is 196 Å². The fourth-order valence-electron chi connectivity index (χ4n) is 4.34. The molecule has 2 aromatic carbocycles. The van der Waals surface area contributed by atoms with Crippen LogP contribution in [-0.4, -0.2) is 37.0 Å². The molecule has 174 valence electrons. The number of aromatic amines is 2. The molecule has 3 aromatic heterocycles. The Kier molecular flexibility index (Phi) is 4.70. The largest absolute Gasteiger partial charge is 0.338 e. The minimum atomic E-state index is -2.76. The van der Waals surface area contributed by atoms with E-state index in [9.17, 15) is 18.4 Å². The molecule has 0 aliphatic heterocycles. The maximum absolute atomic E-state index is 13.1. The van der Waals surface area contributed by atoms with Crippen LogP contribution in [0.25, 0.3) is 44.5 Å². The van der Waals surface area contributed by atoms with Gasteiger partial charge in [-0.1, -0.05) is 18.2 Å². The van der Waals surface area contributed by atoms with Gasteiger partial charge < -0.3 is 10.3 Å². The number of nitrogens with zero attached hydrogens (tertiary/aromatic N) is 3. The fraction of sp³-hybridized carbons (Fsp3) is 0.160. The number of aromatic nitrogens is 5. The molecule has 3 heterocycles. The summed E-state index contributed by atoms with van der Waals surface area (Å²) in [6.07, 6.45) is 2.25. The summed E-state index contributed by atoms with van der Waals surface area (Å²) in [4.78, 5) is 36.3.